The number of amides is 1. The molecule has 0 saturated carbocycles. The SMILES string of the molecule is COC(=O)Nc1ccc(-c2cc(C(N)Cc3ccccc3)nnc2SC)cc1. The molecule has 144 valence electrons. The van der Waals surface area contributed by atoms with Crippen LogP contribution in [0.15, 0.2) is 65.7 Å². The summed E-state index contributed by atoms with van der Waals surface area (Å²) in [6.45, 7) is 0. The van der Waals surface area contributed by atoms with Gasteiger partial charge in [-0.05, 0) is 42.0 Å². The van der Waals surface area contributed by atoms with E-state index in [0.717, 1.165) is 27.4 Å². The number of methoxy groups -OCH3 is 1. The van der Waals surface area contributed by atoms with Gasteiger partial charge in [-0.25, -0.2) is 4.79 Å². The molecule has 0 aliphatic heterocycles. The summed E-state index contributed by atoms with van der Waals surface area (Å²) in [5, 5.41) is 12.2. The molecule has 7 heteroatoms. The van der Waals surface area contributed by atoms with E-state index in [1.807, 2.05) is 54.8 Å². The van der Waals surface area contributed by atoms with Gasteiger partial charge in [0.15, 0.2) is 0 Å². The third-order valence-corrected chi connectivity index (χ3v) is 4.97. The van der Waals surface area contributed by atoms with Crippen molar-refractivity contribution in [3.8, 4) is 11.1 Å². The molecule has 0 bridgehead atoms. The van der Waals surface area contributed by atoms with Crippen LogP contribution in [0.5, 0.6) is 0 Å². The average Bonchev–Trinajstić information content (AvgIpc) is 2.74. The van der Waals surface area contributed by atoms with Crippen molar-refractivity contribution >= 4 is 23.5 Å². The molecule has 3 rings (SSSR count). The van der Waals surface area contributed by atoms with Crippen molar-refractivity contribution in [1.82, 2.24) is 10.2 Å². The third-order valence-electron chi connectivity index (χ3n) is 4.28. The van der Waals surface area contributed by atoms with Crippen LogP contribution in [0.3, 0.4) is 0 Å². The summed E-state index contributed by atoms with van der Waals surface area (Å²) in [5.41, 5.74) is 10.9. The molecule has 0 radical (unpaired) electrons. The van der Waals surface area contributed by atoms with Gasteiger partial charge in [0.05, 0.1) is 18.8 Å². The second-order valence-electron chi connectivity index (χ2n) is 6.18. The Kier molecular flexibility index (Phi) is 6.62. The van der Waals surface area contributed by atoms with E-state index >= 15 is 0 Å². The van der Waals surface area contributed by atoms with Crippen LogP contribution in [0, 0.1) is 0 Å². The number of nitrogens with zero attached hydrogens (tertiary/aromatic N) is 2. The summed E-state index contributed by atoms with van der Waals surface area (Å²) < 4.78 is 4.61. The highest BCUT2D eigenvalue weighted by Gasteiger charge is 2.14. The minimum Gasteiger partial charge on any atom is -0.453 e. The average molecular weight is 395 g/mol. The van der Waals surface area contributed by atoms with Gasteiger partial charge in [-0.15, -0.1) is 16.9 Å². The number of anilines is 1. The monoisotopic (exact) mass is 394 g/mol. The van der Waals surface area contributed by atoms with Gasteiger partial charge in [0.1, 0.15) is 5.03 Å². The van der Waals surface area contributed by atoms with Gasteiger partial charge in [0.25, 0.3) is 0 Å². The van der Waals surface area contributed by atoms with Crippen LogP contribution < -0.4 is 11.1 Å². The fourth-order valence-electron chi connectivity index (χ4n) is 2.81. The van der Waals surface area contributed by atoms with Crippen LogP contribution in [0.4, 0.5) is 10.5 Å². The summed E-state index contributed by atoms with van der Waals surface area (Å²) in [4.78, 5) is 11.3. The molecule has 1 amide bonds. The second kappa shape index (κ2) is 9.34. The highest BCUT2D eigenvalue weighted by atomic mass is 32.2. The van der Waals surface area contributed by atoms with Crippen LogP contribution in [0.1, 0.15) is 17.3 Å². The lowest BCUT2D eigenvalue weighted by Gasteiger charge is -2.14. The van der Waals surface area contributed by atoms with E-state index in [4.69, 9.17) is 5.73 Å². The van der Waals surface area contributed by atoms with Crippen molar-refractivity contribution < 1.29 is 9.53 Å². The minimum absolute atomic E-state index is 0.246. The molecular weight excluding hydrogens is 372 g/mol. The Hall–Kier alpha value is -2.90. The number of carbonyl (C=O) groups excluding carboxylic acids is 1. The Balaban J connectivity index is 1.85. The number of rotatable bonds is 6. The summed E-state index contributed by atoms with van der Waals surface area (Å²) >= 11 is 1.53. The number of hydrogen-bond acceptors (Lipinski definition) is 6. The number of thioether (sulfide) groups is 1. The topological polar surface area (TPSA) is 90.1 Å². The highest BCUT2D eigenvalue weighted by molar-refractivity contribution is 7.98. The Morgan fingerprint density at radius 1 is 1.14 bits per heavy atom. The lowest BCUT2D eigenvalue weighted by Crippen LogP contribution is -2.16. The molecule has 6 nitrogen and oxygen atoms in total. The largest absolute Gasteiger partial charge is 0.453 e. The van der Waals surface area contributed by atoms with Gasteiger partial charge in [-0.3, -0.25) is 5.32 Å². The molecule has 0 fully saturated rings. The highest BCUT2D eigenvalue weighted by Crippen LogP contribution is 2.31. The fourth-order valence-corrected chi connectivity index (χ4v) is 3.33. The summed E-state index contributed by atoms with van der Waals surface area (Å²) in [7, 11) is 1.33. The van der Waals surface area contributed by atoms with E-state index < -0.39 is 6.09 Å². The standard InChI is InChI=1S/C21H22N4O2S/c1-27-21(26)23-16-10-8-15(9-11-16)17-13-19(24-25-20(17)28-2)18(22)12-14-6-4-3-5-7-14/h3-11,13,18H,12,22H2,1-2H3,(H,23,26). The Labute approximate surface area is 168 Å². The van der Waals surface area contributed by atoms with Gasteiger partial charge in [-0.2, -0.15) is 5.10 Å². The molecule has 3 aromatic rings. The van der Waals surface area contributed by atoms with Crippen molar-refractivity contribution in [3.05, 3.63) is 71.9 Å². The smallest absolute Gasteiger partial charge is 0.411 e. The first-order chi connectivity index (χ1) is 13.6. The molecule has 0 spiro atoms. The van der Waals surface area contributed by atoms with Gasteiger partial charge >= 0.3 is 6.09 Å². The summed E-state index contributed by atoms with van der Waals surface area (Å²) in [6.07, 6.45) is 2.15. The number of nitrogens with one attached hydrogen (secondary N) is 1. The zero-order chi connectivity index (χ0) is 19.9. The molecule has 0 aliphatic rings. The predicted octanol–water partition coefficient (Wildman–Crippen LogP) is 4.29. The Bertz CT molecular complexity index is 933. The molecule has 0 aliphatic carbocycles. The Morgan fingerprint density at radius 2 is 1.86 bits per heavy atom. The molecular formula is C21H22N4O2S. The molecule has 2 aromatic carbocycles. The van der Waals surface area contributed by atoms with Crippen molar-refractivity contribution in [2.75, 3.05) is 18.7 Å². The van der Waals surface area contributed by atoms with Gasteiger partial charge < -0.3 is 10.5 Å². The molecule has 3 N–H and O–H groups in total. The van der Waals surface area contributed by atoms with Crippen LogP contribution in [-0.2, 0) is 11.2 Å². The van der Waals surface area contributed by atoms with Crippen LogP contribution in [0.25, 0.3) is 11.1 Å². The lowest BCUT2D eigenvalue weighted by molar-refractivity contribution is 0.187. The van der Waals surface area contributed by atoms with Crippen molar-refractivity contribution in [2.45, 2.75) is 17.5 Å². The molecule has 1 aromatic heterocycles. The van der Waals surface area contributed by atoms with E-state index in [1.165, 1.54) is 18.9 Å². The number of benzene rings is 2. The third kappa shape index (κ3) is 4.88. The quantitative estimate of drug-likeness (QED) is 0.606. The molecule has 1 atom stereocenters. The van der Waals surface area contributed by atoms with Gasteiger partial charge in [-0.1, -0.05) is 42.5 Å². The van der Waals surface area contributed by atoms with E-state index in [1.54, 1.807) is 0 Å². The summed E-state index contributed by atoms with van der Waals surface area (Å²) in [6, 6.07) is 19.3. The van der Waals surface area contributed by atoms with Gasteiger partial charge in [0.2, 0.25) is 0 Å². The predicted molar refractivity (Wildman–Crippen MR) is 112 cm³/mol. The second-order valence-corrected chi connectivity index (χ2v) is 6.98. The number of carbonyl (C=O) groups is 1. The maximum Gasteiger partial charge on any atom is 0.411 e. The number of ether oxygens (including phenoxy) is 1. The lowest BCUT2D eigenvalue weighted by atomic mass is 10.0. The maximum atomic E-state index is 11.3. The Morgan fingerprint density at radius 3 is 2.50 bits per heavy atom. The van der Waals surface area contributed by atoms with E-state index in [2.05, 4.69) is 32.4 Å². The van der Waals surface area contributed by atoms with Crippen molar-refractivity contribution in [1.29, 1.82) is 0 Å². The first-order valence-electron chi connectivity index (χ1n) is 8.77. The molecule has 0 saturated heterocycles. The number of hydrogen-bond donors (Lipinski definition) is 2. The summed E-state index contributed by atoms with van der Waals surface area (Å²) in [5.74, 6) is 0. The maximum absolute atomic E-state index is 11.3. The first kappa shape index (κ1) is 19.9. The zero-order valence-corrected chi connectivity index (χ0v) is 16.6. The van der Waals surface area contributed by atoms with Crippen LogP contribution in [-0.4, -0.2) is 29.7 Å². The minimum atomic E-state index is -0.502. The van der Waals surface area contributed by atoms with E-state index in [-0.39, 0.29) is 6.04 Å². The van der Waals surface area contributed by atoms with Crippen LogP contribution >= 0.6 is 11.8 Å². The number of aromatic nitrogens is 2. The molecule has 1 heterocycles. The molecule has 28 heavy (non-hydrogen) atoms. The first-order valence-corrected chi connectivity index (χ1v) is 9.99. The zero-order valence-electron chi connectivity index (χ0n) is 15.8. The van der Waals surface area contributed by atoms with Crippen molar-refractivity contribution in [2.24, 2.45) is 5.73 Å². The van der Waals surface area contributed by atoms with E-state index in [0.29, 0.717) is 12.1 Å². The van der Waals surface area contributed by atoms with Crippen molar-refractivity contribution in [3.63, 3.8) is 0 Å². The van der Waals surface area contributed by atoms with E-state index in [9.17, 15) is 4.79 Å². The van der Waals surface area contributed by atoms with Crippen LogP contribution in [0.2, 0.25) is 0 Å². The molecule has 1 unspecified atom stereocenters. The normalized spacial score (nSPS) is 11.7. The fraction of sp³-hybridized carbons (Fsp3) is 0.190. The van der Waals surface area contributed by atoms with Gasteiger partial charge in [0, 0.05) is 11.3 Å². The number of nitrogens with two attached hydrogens (primary N) is 1.